The molecule has 3 aromatic heterocycles. The second-order valence-corrected chi connectivity index (χ2v) is 6.42. The van der Waals surface area contributed by atoms with E-state index >= 15 is 0 Å². The van der Waals surface area contributed by atoms with Gasteiger partial charge in [0.1, 0.15) is 17.0 Å². The Labute approximate surface area is 136 Å². The quantitative estimate of drug-likeness (QED) is 0.769. The number of imidazole rings is 1. The third-order valence-electron chi connectivity index (χ3n) is 4.77. The molecule has 3 aromatic rings. The van der Waals surface area contributed by atoms with Gasteiger partial charge in [-0.1, -0.05) is 0 Å². The van der Waals surface area contributed by atoms with Gasteiger partial charge in [-0.2, -0.15) is 13.2 Å². The average molecular weight is 337 g/mol. The highest BCUT2D eigenvalue weighted by Gasteiger charge is 2.32. The number of halogens is 3. The number of alkyl halides is 3. The van der Waals surface area contributed by atoms with Gasteiger partial charge in [0.05, 0.1) is 18.3 Å². The normalized spacial score (nSPS) is 22.0. The fraction of sp³-hybridized carbons (Fsp3) is 0.500. The van der Waals surface area contributed by atoms with Crippen LogP contribution < -0.4 is 5.32 Å². The zero-order chi connectivity index (χ0) is 16.9. The van der Waals surface area contributed by atoms with Crippen LogP contribution in [-0.4, -0.2) is 38.3 Å². The van der Waals surface area contributed by atoms with Gasteiger partial charge in [0, 0.05) is 23.7 Å². The molecule has 2 atom stereocenters. The molecular formula is C16H18F3N5. The summed E-state index contributed by atoms with van der Waals surface area (Å²) in [4.78, 5) is 12.0. The highest BCUT2D eigenvalue weighted by atomic mass is 19.4. The Morgan fingerprint density at radius 2 is 2.21 bits per heavy atom. The number of pyridine rings is 1. The van der Waals surface area contributed by atoms with Crippen molar-refractivity contribution in [2.75, 3.05) is 6.54 Å². The molecule has 0 aromatic carbocycles. The summed E-state index contributed by atoms with van der Waals surface area (Å²) in [5.74, 6) is 0.877. The summed E-state index contributed by atoms with van der Waals surface area (Å²) in [5, 5.41) is 3.64. The van der Waals surface area contributed by atoms with Crippen LogP contribution in [0.5, 0.6) is 0 Å². The van der Waals surface area contributed by atoms with Gasteiger partial charge in [0.25, 0.3) is 0 Å². The van der Waals surface area contributed by atoms with E-state index in [0.717, 1.165) is 40.7 Å². The summed E-state index contributed by atoms with van der Waals surface area (Å²) in [6.07, 6.45) is 1.67. The van der Waals surface area contributed by atoms with Crippen LogP contribution >= 0.6 is 0 Å². The third-order valence-corrected chi connectivity index (χ3v) is 4.77. The number of rotatable bonds is 3. The largest absolute Gasteiger partial charge is 0.401 e. The fourth-order valence-corrected chi connectivity index (χ4v) is 3.79. The molecule has 24 heavy (non-hydrogen) atoms. The van der Waals surface area contributed by atoms with Crippen molar-refractivity contribution < 1.29 is 13.2 Å². The molecule has 1 aliphatic carbocycles. The van der Waals surface area contributed by atoms with Crippen LogP contribution in [0, 0.1) is 6.92 Å². The maximum Gasteiger partial charge on any atom is 0.401 e. The van der Waals surface area contributed by atoms with Crippen molar-refractivity contribution in [3.63, 3.8) is 0 Å². The maximum atomic E-state index is 12.4. The zero-order valence-electron chi connectivity index (χ0n) is 13.2. The minimum Gasteiger partial charge on any atom is -0.346 e. The number of aromatic amines is 1. The van der Waals surface area contributed by atoms with Crippen molar-refractivity contribution in [1.82, 2.24) is 24.8 Å². The van der Waals surface area contributed by atoms with E-state index in [0.29, 0.717) is 6.42 Å². The molecule has 0 amide bonds. The van der Waals surface area contributed by atoms with Gasteiger partial charge < -0.3 is 14.9 Å². The number of H-pyrrole nitrogens is 1. The zero-order valence-corrected chi connectivity index (χ0v) is 13.2. The first kappa shape index (κ1) is 15.4. The Bertz CT molecular complexity index is 879. The first-order chi connectivity index (χ1) is 11.4. The van der Waals surface area contributed by atoms with E-state index in [1.54, 1.807) is 6.20 Å². The van der Waals surface area contributed by atoms with Gasteiger partial charge in [-0.15, -0.1) is 0 Å². The number of aromatic nitrogens is 4. The lowest BCUT2D eigenvalue weighted by Crippen LogP contribution is -2.35. The van der Waals surface area contributed by atoms with Crippen LogP contribution in [-0.2, 0) is 0 Å². The van der Waals surface area contributed by atoms with E-state index in [4.69, 9.17) is 0 Å². The molecule has 0 aliphatic heterocycles. The fourth-order valence-electron chi connectivity index (χ4n) is 3.79. The molecular weight excluding hydrogens is 319 g/mol. The summed E-state index contributed by atoms with van der Waals surface area (Å²) >= 11 is 0. The Morgan fingerprint density at radius 3 is 3.00 bits per heavy atom. The summed E-state index contributed by atoms with van der Waals surface area (Å²) in [5.41, 5.74) is 2.64. The SMILES string of the molecule is Cc1nc2cnc3[nH]ccc3c2n1C1CCC(NCC(F)(F)F)C1. The molecule has 0 spiro atoms. The van der Waals surface area contributed by atoms with Crippen LogP contribution in [0.2, 0.25) is 0 Å². The lowest BCUT2D eigenvalue weighted by Gasteiger charge is -2.17. The molecule has 1 saturated carbocycles. The predicted molar refractivity (Wildman–Crippen MR) is 84.9 cm³/mol. The monoisotopic (exact) mass is 337 g/mol. The Balaban J connectivity index is 1.65. The van der Waals surface area contributed by atoms with E-state index in [9.17, 15) is 13.2 Å². The number of aryl methyl sites for hydroxylation is 1. The van der Waals surface area contributed by atoms with Gasteiger partial charge in [-0.25, -0.2) is 9.97 Å². The Morgan fingerprint density at radius 1 is 1.38 bits per heavy atom. The first-order valence-electron chi connectivity index (χ1n) is 8.03. The summed E-state index contributed by atoms with van der Waals surface area (Å²) in [6, 6.07) is 2.01. The molecule has 4 rings (SSSR count). The van der Waals surface area contributed by atoms with E-state index in [1.807, 2.05) is 19.2 Å². The molecule has 1 fully saturated rings. The van der Waals surface area contributed by atoms with Gasteiger partial charge in [0.2, 0.25) is 0 Å². The number of hydrogen-bond donors (Lipinski definition) is 2. The third kappa shape index (κ3) is 2.64. The molecule has 1 aliphatic rings. The van der Waals surface area contributed by atoms with Crippen molar-refractivity contribution in [2.24, 2.45) is 0 Å². The van der Waals surface area contributed by atoms with Gasteiger partial charge in [-0.3, -0.25) is 0 Å². The molecule has 3 heterocycles. The number of hydrogen-bond acceptors (Lipinski definition) is 3. The van der Waals surface area contributed by atoms with Crippen molar-refractivity contribution in [2.45, 2.75) is 44.4 Å². The Kier molecular flexibility index (Phi) is 3.52. The maximum absolute atomic E-state index is 12.4. The predicted octanol–water partition coefficient (Wildman–Crippen LogP) is 3.47. The molecule has 0 saturated heterocycles. The topological polar surface area (TPSA) is 58.5 Å². The number of fused-ring (bicyclic) bond motifs is 3. The van der Waals surface area contributed by atoms with E-state index in [-0.39, 0.29) is 12.1 Å². The molecule has 8 heteroatoms. The Hall–Kier alpha value is -2.09. The smallest absolute Gasteiger partial charge is 0.346 e. The van der Waals surface area contributed by atoms with Crippen LogP contribution in [0.4, 0.5) is 13.2 Å². The number of nitrogens with zero attached hydrogens (tertiary/aromatic N) is 3. The van der Waals surface area contributed by atoms with E-state index < -0.39 is 12.7 Å². The van der Waals surface area contributed by atoms with E-state index in [2.05, 4.69) is 24.8 Å². The molecule has 2 N–H and O–H groups in total. The lowest BCUT2D eigenvalue weighted by molar-refractivity contribution is -0.126. The highest BCUT2D eigenvalue weighted by molar-refractivity contribution is 6.01. The van der Waals surface area contributed by atoms with Crippen LogP contribution in [0.3, 0.4) is 0 Å². The van der Waals surface area contributed by atoms with Crippen molar-refractivity contribution in [1.29, 1.82) is 0 Å². The molecule has 2 unspecified atom stereocenters. The summed E-state index contributed by atoms with van der Waals surface area (Å²) in [7, 11) is 0. The summed E-state index contributed by atoms with van der Waals surface area (Å²) in [6.45, 7) is 1.01. The molecule has 0 radical (unpaired) electrons. The van der Waals surface area contributed by atoms with Crippen molar-refractivity contribution in [3.05, 3.63) is 24.3 Å². The second-order valence-electron chi connectivity index (χ2n) is 6.42. The first-order valence-corrected chi connectivity index (χ1v) is 8.03. The van der Waals surface area contributed by atoms with Gasteiger partial charge in [-0.05, 0) is 32.3 Å². The molecule has 5 nitrogen and oxygen atoms in total. The number of nitrogens with one attached hydrogen (secondary N) is 2. The van der Waals surface area contributed by atoms with Crippen LogP contribution in [0.1, 0.15) is 31.1 Å². The van der Waals surface area contributed by atoms with E-state index in [1.165, 1.54) is 0 Å². The minimum atomic E-state index is -4.17. The highest BCUT2D eigenvalue weighted by Crippen LogP contribution is 2.36. The van der Waals surface area contributed by atoms with Crippen LogP contribution in [0.25, 0.3) is 22.1 Å². The van der Waals surface area contributed by atoms with Crippen LogP contribution in [0.15, 0.2) is 18.5 Å². The second kappa shape index (κ2) is 5.47. The van der Waals surface area contributed by atoms with Gasteiger partial charge >= 0.3 is 6.18 Å². The average Bonchev–Trinajstić information content (AvgIpc) is 3.20. The van der Waals surface area contributed by atoms with Crippen molar-refractivity contribution >= 4 is 22.1 Å². The lowest BCUT2D eigenvalue weighted by atomic mass is 10.2. The standard InChI is InChI=1S/C16H18F3N5/c1-9-23-13-7-21-15-12(4-5-20-15)14(13)24(9)11-3-2-10(6-11)22-8-16(17,18)19/h4-5,7,10-11,22H,2-3,6,8H2,1H3,(H,20,21). The minimum absolute atomic E-state index is 0.114. The van der Waals surface area contributed by atoms with Gasteiger partial charge in [0.15, 0.2) is 0 Å². The molecule has 0 bridgehead atoms. The van der Waals surface area contributed by atoms with Crippen molar-refractivity contribution in [3.8, 4) is 0 Å². The molecule has 128 valence electrons. The summed E-state index contributed by atoms with van der Waals surface area (Å²) < 4.78 is 39.4.